The molecule has 0 atom stereocenters. The molecule has 1 heterocycles. The van der Waals surface area contributed by atoms with Crippen molar-refractivity contribution in [1.29, 1.82) is 0 Å². The second-order valence-corrected chi connectivity index (χ2v) is 8.37. The predicted octanol–water partition coefficient (Wildman–Crippen LogP) is 5.33. The standard InChI is InChI=1S/C25H24N4O3S/c1-32-22-10-5-4-9-21(22)27-24(31)17-12-14-18(15-13-17)26-23(30)11-6-16-33-25-28-19-7-2-3-8-20(19)29-25/h2-5,7-10,12-15H,6,11,16H2,1H3,(H,26,30)(H,27,31)(H,28,29). The number of ether oxygens (including phenoxy) is 1. The second-order valence-electron chi connectivity index (χ2n) is 7.29. The van der Waals surface area contributed by atoms with Gasteiger partial charge in [-0.25, -0.2) is 4.98 Å². The molecule has 2 amide bonds. The molecule has 4 aromatic rings. The highest BCUT2D eigenvalue weighted by molar-refractivity contribution is 7.99. The maximum Gasteiger partial charge on any atom is 0.255 e. The molecule has 7 nitrogen and oxygen atoms in total. The number of methoxy groups -OCH3 is 1. The molecule has 8 heteroatoms. The van der Waals surface area contributed by atoms with Crippen molar-refractivity contribution in [2.45, 2.75) is 18.0 Å². The number of aromatic amines is 1. The number of hydrogen-bond donors (Lipinski definition) is 3. The van der Waals surface area contributed by atoms with Crippen molar-refractivity contribution in [2.75, 3.05) is 23.5 Å². The number of nitrogens with zero attached hydrogens (tertiary/aromatic N) is 1. The summed E-state index contributed by atoms with van der Waals surface area (Å²) in [5, 5.41) is 6.57. The van der Waals surface area contributed by atoms with E-state index in [4.69, 9.17) is 4.74 Å². The van der Waals surface area contributed by atoms with Crippen molar-refractivity contribution >= 4 is 46.0 Å². The molecule has 0 fully saturated rings. The van der Waals surface area contributed by atoms with Crippen LogP contribution in [0, 0.1) is 0 Å². The number of para-hydroxylation sites is 4. The summed E-state index contributed by atoms with van der Waals surface area (Å²) in [6.45, 7) is 0. The first-order valence-corrected chi connectivity index (χ1v) is 11.5. The summed E-state index contributed by atoms with van der Waals surface area (Å²) in [6.07, 6.45) is 1.14. The molecule has 4 rings (SSSR count). The minimum atomic E-state index is -0.250. The largest absolute Gasteiger partial charge is 0.495 e. The van der Waals surface area contributed by atoms with Crippen LogP contribution in [0.2, 0.25) is 0 Å². The van der Waals surface area contributed by atoms with Crippen LogP contribution in [0.1, 0.15) is 23.2 Å². The molecular weight excluding hydrogens is 436 g/mol. The molecular formula is C25H24N4O3S. The highest BCUT2D eigenvalue weighted by Gasteiger charge is 2.10. The molecule has 0 radical (unpaired) electrons. The summed E-state index contributed by atoms with van der Waals surface area (Å²) in [5.74, 6) is 1.06. The normalized spacial score (nSPS) is 10.7. The Labute approximate surface area is 196 Å². The number of carbonyl (C=O) groups excluding carboxylic acids is 2. The lowest BCUT2D eigenvalue weighted by Crippen LogP contribution is -2.14. The number of thioether (sulfide) groups is 1. The van der Waals surface area contributed by atoms with Gasteiger partial charge in [0.05, 0.1) is 23.8 Å². The Balaban J connectivity index is 1.22. The Morgan fingerprint density at radius 3 is 2.52 bits per heavy atom. The van der Waals surface area contributed by atoms with Gasteiger partial charge in [-0.05, 0) is 55.0 Å². The van der Waals surface area contributed by atoms with E-state index in [9.17, 15) is 9.59 Å². The third-order valence-corrected chi connectivity index (χ3v) is 5.90. The van der Waals surface area contributed by atoms with Crippen molar-refractivity contribution in [3.8, 4) is 5.75 Å². The summed E-state index contributed by atoms with van der Waals surface area (Å²) in [6, 6.07) is 21.9. The first kappa shape index (κ1) is 22.4. The average Bonchev–Trinajstić information content (AvgIpc) is 3.25. The zero-order valence-corrected chi connectivity index (χ0v) is 18.9. The average molecular weight is 461 g/mol. The molecule has 3 aromatic carbocycles. The number of nitrogens with one attached hydrogen (secondary N) is 3. The highest BCUT2D eigenvalue weighted by Crippen LogP contribution is 2.24. The maximum atomic E-state index is 12.5. The molecule has 0 aliphatic rings. The fourth-order valence-corrected chi connectivity index (χ4v) is 4.10. The van der Waals surface area contributed by atoms with E-state index in [1.165, 1.54) is 0 Å². The Morgan fingerprint density at radius 1 is 0.970 bits per heavy atom. The lowest BCUT2D eigenvalue weighted by atomic mass is 10.1. The van der Waals surface area contributed by atoms with E-state index in [1.807, 2.05) is 36.4 Å². The van der Waals surface area contributed by atoms with Gasteiger partial charge in [0, 0.05) is 23.4 Å². The van der Waals surface area contributed by atoms with Crippen LogP contribution in [0.5, 0.6) is 5.75 Å². The number of carbonyl (C=O) groups is 2. The molecule has 1 aromatic heterocycles. The SMILES string of the molecule is COc1ccccc1NC(=O)c1ccc(NC(=O)CCCSc2nc3ccccc3[nH]2)cc1. The number of benzene rings is 3. The van der Waals surface area contributed by atoms with Gasteiger partial charge in [0.1, 0.15) is 5.75 Å². The van der Waals surface area contributed by atoms with Crippen molar-refractivity contribution < 1.29 is 14.3 Å². The van der Waals surface area contributed by atoms with Gasteiger partial charge < -0.3 is 20.4 Å². The Morgan fingerprint density at radius 2 is 1.73 bits per heavy atom. The van der Waals surface area contributed by atoms with Gasteiger partial charge in [-0.1, -0.05) is 36.0 Å². The molecule has 3 N–H and O–H groups in total. The van der Waals surface area contributed by atoms with Gasteiger partial charge in [-0.3, -0.25) is 9.59 Å². The van der Waals surface area contributed by atoms with Crippen molar-refractivity contribution in [1.82, 2.24) is 9.97 Å². The summed E-state index contributed by atoms with van der Waals surface area (Å²) in [5.41, 5.74) is 3.69. The molecule has 0 aliphatic heterocycles. The van der Waals surface area contributed by atoms with Crippen LogP contribution in [0.4, 0.5) is 11.4 Å². The molecule has 0 saturated heterocycles. The van der Waals surface area contributed by atoms with E-state index < -0.39 is 0 Å². The highest BCUT2D eigenvalue weighted by atomic mass is 32.2. The third-order valence-electron chi connectivity index (χ3n) is 4.94. The lowest BCUT2D eigenvalue weighted by Gasteiger charge is -2.10. The van der Waals surface area contributed by atoms with Crippen LogP contribution in [0.3, 0.4) is 0 Å². The van der Waals surface area contributed by atoms with E-state index in [0.29, 0.717) is 29.1 Å². The van der Waals surface area contributed by atoms with Crippen molar-refractivity contribution in [3.05, 3.63) is 78.4 Å². The number of hydrogen-bond acceptors (Lipinski definition) is 5. The molecule has 0 saturated carbocycles. The second kappa shape index (κ2) is 10.7. The van der Waals surface area contributed by atoms with Crippen LogP contribution in [-0.2, 0) is 4.79 Å². The van der Waals surface area contributed by atoms with Crippen molar-refractivity contribution in [3.63, 3.8) is 0 Å². The predicted molar refractivity (Wildman–Crippen MR) is 132 cm³/mol. The Bertz CT molecular complexity index is 1220. The van der Waals surface area contributed by atoms with Crippen LogP contribution in [-0.4, -0.2) is 34.6 Å². The van der Waals surface area contributed by atoms with Gasteiger partial charge in [0.25, 0.3) is 5.91 Å². The van der Waals surface area contributed by atoms with E-state index in [1.54, 1.807) is 55.3 Å². The quantitative estimate of drug-likeness (QED) is 0.232. The number of fused-ring (bicyclic) bond motifs is 1. The summed E-state index contributed by atoms with van der Waals surface area (Å²) in [7, 11) is 1.56. The number of anilines is 2. The van der Waals surface area contributed by atoms with Gasteiger partial charge >= 0.3 is 0 Å². The topological polar surface area (TPSA) is 96.1 Å². The zero-order chi connectivity index (χ0) is 23.0. The molecule has 0 spiro atoms. The summed E-state index contributed by atoms with van der Waals surface area (Å²) < 4.78 is 5.26. The lowest BCUT2D eigenvalue weighted by molar-refractivity contribution is -0.116. The zero-order valence-electron chi connectivity index (χ0n) is 18.1. The molecule has 0 aliphatic carbocycles. The Kier molecular flexibility index (Phi) is 7.26. The first-order chi connectivity index (χ1) is 16.1. The molecule has 168 valence electrons. The van der Waals surface area contributed by atoms with Crippen molar-refractivity contribution in [2.24, 2.45) is 0 Å². The van der Waals surface area contributed by atoms with E-state index in [2.05, 4.69) is 20.6 Å². The minimum Gasteiger partial charge on any atom is -0.495 e. The smallest absolute Gasteiger partial charge is 0.255 e. The third kappa shape index (κ3) is 5.93. The van der Waals surface area contributed by atoms with Gasteiger partial charge in [-0.2, -0.15) is 0 Å². The fraction of sp³-hybridized carbons (Fsp3) is 0.160. The van der Waals surface area contributed by atoms with E-state index in [-0.39, 0.29) is 11.8 Å². The summed E-state index contributed by atoms with van der Waals surface area (Å²) in [4.78, 5) is 32.6. The monoisotopic (exact) mass is 460 g/mol. The first-order valence-electron chi connectivity index (χ1n) is 10.5. The van der Waals surface area contributed by atoms with Gasteiger partial charge in [-0.15, -0.1) is 0 Å². The summed E-state index contributed by atoms with van der Waals surface area (Å²) >= 11 is 1.60. The van der Waals surface area contributed by atoms with Crippen LogP contribution < -0.4 is 15.4 Å². The molecule has 0 unspecified atom stereocenters. The van der Waals surface area contributed by atoms with Gasteiger partial charge in [0.2, 0.25) is 5.91 Å². The van der Waals surface area contributed by atoms with E-state index >= 15 is 0 Å². The number of H-pyrrole nitrogens is 1. The number of amides is 2. The minimum absolute atomic E-state index is 0.0635. The Hall–Kier alpha value is -3.78. The van der Waals surface area contributed by atoms with E-state index in [0.717, 1.165) is 28.4 Å². The molecule has 0 bridgehead atoms. The fourth-order valence-electron chi connectivity index (χ4n) is 3.27. The molecule has 33 heavy (non-hydrogen) atoms. The van der Waals surface area contributed by atoms with Crippen LogP contribution in [0.25, 0.3) is 11.0 Å². The van der Waals surface area contributed by atoms with Crippen LogP contribution in [0.15, 0.2) is 78.0 Å². The maximum absolute atomic E-state index is 12.5. The number of imidazole rings is 1. The number of aromatic nitrogens is 2. The number of rotatable bonds is 9. The van der Waals surface area contributed by atoms with Gasteiger partial charge in [0.15, 0.2) is 5.16 Å². The van der Waals surface area contributed by atoms with Crippen LogP contribution >= 0.6 is 11.8 Å².